The van der Waals surface area contributed by atoms with Crippen molar-refractivity contribution < 1.29 is 19.4 Å². The highest BCUT2D eigenvalue weighted by Gasteiger charge is 2.11. The van der Waals surface area contributed by atoms with E-state index in [2.05, 4.69) is 13.8 Å². The number of hydrogen-bond donors (Lipinski definition) is 1. The van der Waals surface area contributed by atoms with E-state index < -0.39 is 5.97 Å². The lowest BCUT2D eigenvalue weighted by atomic mass is 10.2. The lowest BCUT2D eigenvalue weighted by Gasteiger charge is -2.07. The zero-order valence-corrected chi connectivity index (χ0v) is 11.2. The molecular weight excluding hydrogens is 240 g/mol. The van der Waals surface area contributed by atoms with Crippen LogP contribution in [0.5, 0.6) is 5.06 Å². The molecular formula is C12H18O4S. The van der Waals surface area contributed by atoms with Crippen LogP contribution in [0.1, 0.15) is 29.1 Å². The first kappa shape index (κ1) is 14.0. The molecule has 0 bridgehead atoms. The maximum atomic E-state index is 10.7. The number of rotatable bonds is 7. The van der Waals surface area contributed by atoms with Gasteiger partial charge in [0, 0.05) is 12.2 Å². The van der Waals surface area contributed by atoms with Crippen molar-refractivity contribution in [1.82, 2.24) is 0 Å². The second-order valence-electron chi connectivity index (χ2n) is 4.20. The first-order valence-corrected chi connectivity index (χ1v) is 6.36. The zero-order chi connectivity index (χ0) is 12.8. The van der Waals surface area contributed by atoms with Crippen LogP contribution in [-0.2, 0) is 4.74 Å². The summed E-state index contributed by atoms with van der Waals surface area (Å²) in [5.74, 6) is -0.402. The van der Waals surface area contributed by atoms with E-state index in [0.717, 1.165) is 16.9 Å². The van der Waals surface area contributed by atoms with Crippen LogP contribution >= 0.6 is 11.3 Å². The standard InChI is InChI=1S/C12H18O4S/c1-8(2)7-15-4-5-16-12-9(3)6-10(17-12)11(13)14/h6,8H,4-5,7H2,1-3H3,(H,13,14). The maximum absolute atomic E-state index is 10.7. The first-order chi connectivity index (χ1) is 8.00. The monoisotopic (exact) mass is 258 g/mol. The summed E-state index contributed by atoms with van der Waals surface area (Å²) in [6, 6.07) is 1.62. The SMILES string of the molecule is Cc1cc(C(=O)O)sc1OCCOCC(C)C. The van der Waals surface area contributed by atoms with Gasteiger partial charge in [-0.3, -0.25) is 0 Å². The van der Waals surface area contributed by atoms with Crippen LogP contribution in [0.15, 0.2) is 6.07 Å². The molecule has 1 aromatic rings. The van der Waals surface area contributed by atoms with Gasteiger partial charge in [0.15, 0.2) is 5.06 Å². The molecule has 0 atom stereocenters. The summed E-state index contributed by atoms with van der Waals surface area (Å²) in [4.78, 5) is 11.1. The highest BCUT2D eigenvalue weighted by Crippen LogP contribution is 2.29. The van der Waals surface area contributed by atoms with Crippen LogP contribution in [0.4, 0.5) is 0 Å². The largest absolute Gasteiger partial charge is 0.481 e. The molecule has 0 fully saturated rings. The van der Waals surface area contributed by atoms with E-state index in [0.29, 0.717) is 35.7 Å². The molecule has 0 spiro atoms. The second-order valence-corrected chi connectivity index (χ2v) is 5.22. The fourth-order valence-corrected chi connectivity index (χ4v) is 2.11. The van der Waals surface area contributed by atoms with Gasteiger partial charge in [0.25, 0.3) is 0 Å². The average molecular weight is 258 g/mol. The predicted octanol–water partition coefficient (Wildman–Crippen LogP) is 2.81. The van der Waals surface area contributed by atoms with E-state index in [1.54, 1.807) is 6.07 Å². The van der Waals surface area contributed by atoms with Crippen LogP contribution in [0.3, 0.4) is 0 Å². The van der Waals surface area contributed by atoms with Gasteiger partial charge in [-0.1, -0.05) is 25.2 Å². The van der Waals surface area contributed by atoms with Gasteiger partial charge < -0.3 is 14.6 Å². The highest BCUT2D eigenvalue weighted by molar-refractivity contribution is 7.15. The molecule has 0 saturated heterocycles. The van der Waals surface area contributed by atoms with E-state index in [9.17, 15) is 4.79 Å². The smallest absolute Gasteiger partial charge is 0.346 e. The molecule has 0 amide bonds. The van der Waals surface area contributed by atoms with Crippen molar-refractivity contribution in [2.24, 2.45) is 5.92 Å². The second kappa shape index (κ2) is 6.61. The molecule has 5 heteroatoms. The van der Waals surface area contributed by atoms with Crippen LogP contribution in [-0.4, -0.2) is 30.9 Å². The fourth-order valence-electron chi connectivity index (χ4n) is 1.23. The molecule has 0 aliphatic heterocycles. The number of aryl methyl sites for hydroxylation is 1. The Kier molecular flexibility index (Phi) is 5.44. The summed E-state index contributed by atoms with van der Waals surface area (Å²) >= 11 is 1.15. The van der Waals surface area contributed by atoms with Gasteiger partial charge >= 0.3 is 5.97 Å². The summed E-state index contributed by atoms with van der Waals surface area (Å²) in [6.07, 6.45) is 0. The van der Waals surface area contributed by atoms with E-state index in [1.165, 1.54) is 0 Å². The lowest BCUT2D eigenvalue weighted by Crippen LogP contribution is -2.09. The molecule has 0 aliphatic carbocycles. The summed E-state index contributed by atoms with van der Waals surface area (Å²) < 4.78 is 10.9. The first-order valence-electron chi connectivity index (χ1n) is 5.55. The molecule has 0 radical (unpaired) electrons. The van der Waals surface area contributed by atoms with E-state index in [-0.39, 0.29) is 0 Å². The Labute approximate surface area is 105 Å². The van der Waals surface area contributed by atoms with Gasteiger partial charge in [0.05, 0.1) is 6.61 Å². The summed E-state index contributed by atoms with van der Waals surface area (Å²) in [5, 5.41) is 9.49. The minimum absolute atomic E-state index is 0.306. The predicted molar refractivity (Wildman–Crippen MR) is 67.2 cm³/mol. The Morgan fingerprint density at radius 2 is 2.18 bits per heavy atom. The molecule has 1 heterocycles. The van der Waals surface area contributed by atoms with Gasteiger partial charge in [-0.25, -0.2) is 4.79 Å². The van der Waals surface area contributed by atoms with Gasteiger partial charge in [0.2, 0.25) is 0 Å². The number of thiophene rings is 1. The van der Waals surface area contributed by atoms with Crippen LogP contribution < -0.4 is 4.74 Å². The molecule has 1 rings (SSSR count). The molecule has 0 aromatic carbocycles. The Bertz CT molecular complexity index is 371. The van der Waals surface area contributed by atoms with Crippen LogP contribution in [0, 0.1) is 12.8 Å². The Morgan fingerprint density at radius 3 is 2.71 bits per heavy atom. The van der Waals surface area contributed by atoms with Crippen LogP contribution in [0.25, 0.3) is 0 Å². The topological polar surface area (TPSA) is 55.8 Å². The third kappa shape index (κ3) is 4.75. The molecule has 1 N–H and O–H groups in total. The maximum Gasteiger partial charge on any atom is 0.346 e. The third-order valence-electron chi connectivity index (χ3n) is 2.00. The highest BCUT2D eigenvalue weighted by atomic mass is 32.1. The minimum atomic E-state index is -0.913. The molecule has 0 saturated carbocycles. The number of carboxylic acids is 1. The van der Waals surface area contributed by atoms with Gasteiger partial charge in [-0.2, -0.15) is 0 Å². The van der Waals surface area contributed by atoms with Crippen molar-refractivity contribution in [2.75, 3.05) is 19.8 Å². The van der Waals surface area contributed by atoms with Gasteiger partial charge in [-0.05, 0) is 18.9 Å². The minimum Gasteiger partial charge on any atom is -0.481 e. The van der Waals surface area contributed by atoms with E-state index in [1.807, 2.05) is 6.92 Å². The number of ether oxygens (including phenoxy) is 2. The number of carbonyl (C=O) groups is 1. The fraction of sp³-hybridized carbons (Fsp3) is 0.583. The normalized spacial score (nSPS) is 10.8. The van der Waals surface area contributed by atoms with Gasteiger partial charge in [-0.15, -0.1) is 0 Å². The van der Waals surface area contributed by atoms with Gasteiger partial charge in [0.1, 0.15) is 11.5 Å². The zero-order valence-electron chi connectivity index (χ0n) is 10.4. The quantitative estimate of drug-likeness (QED) is 0.764. The molecule has 17 heavy (non-hydrogen) atoms. The summed E-state index contributed by atoms with van der Waals surface area (Å²) in [5.41, 5.74) is 0.858. The molecule has 0 aliphatic rings. The van der Waals surface area contributed by atoms with E-state index >= 15 is 0 Å². The molecule has 0 unspecified atom stereocenters. The lowest BCUT2D eigenvalue weighted by molar-refractivity contribution is 0.0702. The number of carboxylic acid groups (broad SMARTS) is 1. The van der Waals surface area contributed by atoms with Crippen molar-refractivity contribution >= 4 is 17.3 Å². The Hall–Kier alpha value is -1.07. The molecule has 96 valence electrons. The van der Waals surface area contributed by atoms with Crippen molar-refractivity contribution in [3.63, 3.8) is 0 Å². The number of hydrogen-bond acceptors (Lipinski definition) is 4. The average Bonchev–Trinajstić information content (AvgIpc) is 2.59. The van der Waals surface area contributed by atoms with Crippen molar-refractivity contribution in [3.8, 4) is 5.06 Å². The van der Waals surface area contributed by atoms with Crippen molar-refractivity contribution in [1.29, 1.82) is 0 Å². The van der Waals surface area contributed by atoms with Crippen molar-refractivity contribution in [2.45, 2.75) is 20.8 Å². The van der Waals surface area contributed by atoms with E-state index in [4.69, 9.17) is 14.6 Å². The molecule has 4 nitrogen and oxygen atoms in total. The Balaban J connectivity index is 2.34. The van der Waals surface area contributed by atoms with Crippen molar-refractivity contribution in [3.05, 3.63) is 16.5 Å². The summed E-state index contributed by atoms with van der Waals surface area (Å²) in [6.45, 7) is 7.71. The Morgan fingerprint density at radius 1 is 1.47 bits per heavy atom. The number of aromatic carboxylic acids is 1. The summed E-state index contributed by atoms with van der Waals surface area (Å²) in [7, 11) is 0. The molecule has 1 aromatic heterocycles. The third-order valence-corrected chi connectivity index (χ3v) is 3.13. The van der Waals surface area contributed by atoms with Crippen LogP contribution in [0.2, 0.25) is 0 Å².